The number of sulfonamides is 1. The van der Waals surface area contributed by atoms with Crippen LogP contribution in [0, 0.1) is 0 Å². The van der Waals surface area contributed by atoms with E-state index in [4.69, 9.17) is 4.74 Å². The number of para-hydroxylation sites is 2. The lowest BCUT2D eigenvalue weighted by atomic mass is 10.1. The highest BCUT2D eigenvalue weighted by atomic mass is 32.2. The smallest absolute Gasteiger partial charge is 0.262 e. The first-order valence-electron chi connectivity index (χ1n) is 8.12. The van der Waals surface area contributed by atoms with E-state index in [1.54, 1.807) is 60.7 Å². The molecule has 0 saturated carbocycles. The first kappa shape index (κ1) is 18.5. The molecule has 0 fully saturated rings. The van der Waals surface area contributed by atoms with Crippen LogP contribution in [0.15, 0.2) is 83.8 Å². The fourth-order valence-corrected chi connectivity index (χ4v) is 3.62. The van der Waals surface area contributed by atoms with E-state index in [2.05, 4.69) is 10.0 Å². The monoisotopic (exact) mass is 382 g/mol. The van der Waals surface area contributed by atoms with E-state index in [9.17, 15) is 13.2 Å². The SMILES string of the molecule is COc1c(NS(=O)(=O)c2ccccc2)cccc1C(=O)Nc1ccccc1. The van der Waals surface area contributed by atoms with Crippen LogP contribution in [0.25, 0.3) is 0 Å². The van der Waals surface area contributed by atoms with Gasteiger partial charge in [-0.2, -0.15) is 0 Å². The van der Waals surface area contributed by atoms with Crippen molar-refractivity contribution in [2.45, 2.75) is 4.90 Å². The molecule has 0 heterocycles. The lowest BCUT2D eigenvalue weighted by molar-refractivity contribution is 0.102. The molecule has 0 atom stereocenters. The minimum absolute atomic E-state index is 0.117. The maximum atomic E-state index is 12.6. The summed E-state index contributed by atoms with van der Waals surface area (Å²) in [6.45, 7) is 0. The highest BCUT2D eigenvalue weighted by Gasteiger charge is 2.20. The minimum atomic E-state index is -3.81. The minimum Gasteiger partial charge on any atom is -0.494 e. The van der Waals surface area contributed by atoms with E-state index in [-0.39, 0.29) is 21.9 Å². The van der Waals surface area contributed by atoms with Gasteiger partial charge >= 0.3 is 0 Å². The van der Waals surface area contributed by atoms with Gasteiger partial charge in [-0.25, -0.2) is 8.42 Å². The first-order chi connectivity index (χ1) is 13.0. The Balaban J connectivity index is 1.92. The molecule has 27 heavy (non-hydrogen) atoms. The maximum Gasteiger partial charge on any atom is 0.262 e. The molecule has 0 bridgehead atoms. The number of hydrogen-bond donors (Lipinski definition) is 2. The fourth-order valence-electron chi connectivity index (χ4n) is 2.54. The molecular weight excluding hydrogens is 364 g/mol. The molecule has 1 amide bonds. The Labute approximate surface area is 157 Å². The molecule has 0 aliphatic heterocycles. The molecule has 7 heteroatoms. The zero-order valence-corrected chi connectivity index (χ0v) is 15.4. The van der Waals surface area contributed by atoms with Gasteiger partial charge < -0.3 is 10.1 Å². The lowest BCUT2D eigenvalue weighted by Gasteiger charge is -2.15. The number of amides is 1. The van der Waals surface area contributed by atoms with Gasteiger partial charge in [0, 0.05) is 5.69 Å². The Kier molecular flexibility index (Phi) is 5.42. The predicted octanol–water partition coefficient (Wildman–Crippen LogP) is 3.75. The van der Waals surface area contributed by atoms with E-state index < -0.39 is 15.9 Å². The number of benzene rings is 3. The lowest BCUT2D eigenvalue weighted by Crippen LogP contribution is -2.17. The zero-order chi connectivity index (χ0) is 19.3. The van der Waals surface area contributed by atoms with Crippen LogP contribution in [-0.4, -0.2) is 21.4 Å². The van der Waals surface area contributed by atoms with Crippen molar-refractivity contribution in [2.75, 3.05) is 17.1 Å². The topological polar surface area (TPSA) is 84.5 Å². The van der Waals surface area contributed by atoms with Gasteiger partial charge in [0.15, 0.2) is 5.75 Å². The summed E-state index contributed by atoms with van der Waals surface area (Å²) in [5.41, 5.74) is 1.02. The van der Waals surface area contributed by atoms with Crippen molar-refractivity contribution in [3.63, 3.8) is 0 Å². The van der Waals surface area contributed by atoms with Crippen molar-refractivity contribution < 1.29 is 17.9 Å². The third-order valence-electron chi connectivity index (χ3n) is 3.79. The van der Waals surface area contributed by atoms with Gasteiger partial charge in [0.05, 0.1) is 23.3 Å². The molecule has 0 aromatic heterocycles. The van der Waals surface area contributed by atoms with Crippen molar-refractivity contribution in [3.8, 4) is 5.75 Å². The van der Waals surface area contributed by atoms with Crippen LogP contribution in [0.2, 0.25) is 0 Å². The summed E-state index contributed by atoms with van der Waals surface area (Å²) in [5.74, 6) is -0.260. The van der Waals surface area contributed by atoms with Crippen molar-refractivity contribution in [2.24, 2.45) is 0 Å². The van der Waals surface area contributed by atoms with Gasteiger partial charge in [-0.1, -0.05) is 42.5 Å². The average molecular weight is 382 g/mol. The summed E-state index contributed by atoms with van der Waals surface area (Å²) in [5, 5.41) is 2.76. The zero-order valence-electron chi connectivity index (χ0n) is 14.5. The Hall–Kier alpha value is -3.32. The van der Waals surface area contributed by atoms with Crippen LogP contribution in [0.4, 0.5) is 11.4 Å². The van der Waals surface area contributed by atoms with E-state index in [1.165, 1.54) is 19.2 Å². The van der Waals surface area contributed by atoms with Gasteiger partial charge in [-0.15, -0.1) is 0 Å². The van der Waals surface area contributed by atoms with E-state index in [0.717, 1.165) is 0 Å². The van der Waals surface area contributed by atoms with Crippen LogP contribution in [0.1, 0.15) is 10.4 Å². The summed E-state index contributed by atoms with van der Waals surface area (Å²) in [7, 11) is -2.43. The Morgan fingerprint density at radius 1 is 0.852 bits per heavy atom. The largest absolute Gasteiger partial charge is 0.494 e. The quantitative estimate of drug-likeness (QED) is 0.680. The third-order valence-corrected chi connectivity index (χ3v) is 5.17. The number of hydrogen-bond acceptors (Lipinski definition) is 4. The van der Waals surface area contributed by atoms with Gasteiger partial charge in [0.25, 0.3) is 15.9 Å². The second-order valence-corrected chi connectivity index (χ2v) is 7.31. The molecule has 0 unspecified atom stereocenters. The van der Waals surface area contributed by atoms with E-state index in [0.29, 0.717) is 5.69 Å². The number of rotatable bonds is 6. The molecule has 3 aromatic carbocycles. The summed E-state index contributed by atoms with van der Waals surface area (Å²) >= 11 is 0. The molecule has 3 rings (SSSR count). The standard InChI is InChI=1S/C20H18N2O4S/c1-26-19-17(20(23)21-15-9-4-2-5-10-15)13-8-14-18(19)22-27(24,25)16-11-6-3-7-12-16/h2-14,22H,1H3,(H,21,23). The van der Waals surface area contributed by atoms with Crippen molar-refractivity contribution in [1.82, 2.24) is 0 Å². The average Bonchev–Trinajstić information content (AvgIpc) is 2.69. The second-order valence-electron chi connectivity index (χ2n) is 5.63. The van der Waals surface area contributed by atoms with Crippen LogP contribution in [0.5, 0.6) is 5.75 Å². The number of ether oxygens (including phenoxy) is 1. The van der Waals surface area contributed by atoms with Crippen molar-refractivity contribution in [1.29, 1.82) is 0 Å². The molecule has 2 N–H and O–H groups in total. The normalized spacial score (nSPS) is 10.9. The summed E-state index contributed by atoms with van der Waals surface area (Å²) in [4.78, 5) is 12.7. The van der Waals surface area contributed by atoms with Gasteiger partial charge in [-0.3, -0.25) is 9.52 Å². The van der Waals surface area contributed by atoms with E-state index >= 15 is 0 Å². The molecule has 0 aliphatic carbocycles. The number of carbonyl (C=O) groups excluding carboxylic acids is 1. The molecule has 6 nitrogen and oxygen atoms in total. The molecular formula is C20H18N2O4S. The second kappa shape index (κ2) is 7.92. The van der Waals surface area contributed by atoms with Gasteiger partial charge in [0.1, 0.15) is 0 Å². The Bertz CT molecular complexity index is 1040. The fraction of sp³-hybridized carbons (Fsp3) is 0.0500. The molecule has 0 aliphatic rings. The summed E-state index contributed by atoms with van der Waals surface area (Å²) < 4.78 is 33.0. The van der Waals surface area contributed by atoms with Gasteiger partial charge in [-0.05, 0) is 36.4 Å². The molecule has 0 radical (unpaired) electrons. The highest BCUT2D eigenvalue weighted by Crippen LogP contribution is 2.31. The van der Waals surface area contributed by atoms with E-state index in [1.807, 2.05) is 6.07 Å². The third kappa shape index (κ3) is 4.27. The van der Waals surface area contributed by atoms with Crippen LogP contribution < -0.4 is 14.8 Å². The number of anilines is 2. The Morgan fingerprint density at radius 2 is 1.48 bits per heavy atom. The van der Waals surface area contributed by atoms with Crippen LogP contribution in [-0.2, 0) is 10.0 Å². The molecule has 138 valence electrons. The predicted molar refractivity (Wildman–Crippen MR) is 105 cm³/mol. The first-order valence-corrected chi connectivity index (χ1v) is 9.61. The molecule has 0 saturated heterocycles. The molecule has 3 aromatic rings. The number of nitrogens with one attached hydrogen (secondary N) is 2. The Morgan fingerprint density at radius 3 is 2.11 bits per heavy atom. The summed E-state index contributed by atoms with van der Waals surface area (Å²) in [6, 6.07) is 21.6. The van der Waals surface area contributed by atoms with Crippen molar-refractivity contribution in [3.05, 3.63) is 84.4 Å². The number of carbonyl (C=O) groups is 1. The van der Waals surface area contributed by atoms with Crippen LogP contribution >= 0.6 is 0 Å². The molecule has 0 spiro atoms. The summed E-state index contributed by atoms with van der Waals surface area (Å²) in [6.07, 6.45) is 0. The highest BCUT2D eigenvalue weighted by molar-refractivity contribution is 7.92. The maximum absolute atomic E-state index is 12.6. The number of methoxy groups -OCH3 is 1. The van der Waals surface area contributed by atoms with Gasteiger partial charge in [0.2, 0.25) is 0 Å². The van der Waals surface area contributed by atoms with Crippen molar-refractivity contribution >= 4 is 27.3 Å². The van der Waals surface area contributed by atoms with Crippen LogP contribution in [0.3, 0.4) is 0 Å².